The Morgan fingerprint density at radius 3 is 2.88 bits per heavy atom. The Hall–Kier alpha value is -3.13. The van der Waals surface area contributed by atoms with Gasteiger partial charge in [0.15, 0.2) is 16.6 Å². The van der Waals surface area contributed by atoms with Crippen molar-refractivity contribution in [2.45, 2.75) is 6.54 Å². The highest BCUT2D eigenvalue weighted by Crippen LogP contribution is 2.35. The van der Waals surface area contributed by atoms with Crippen molar-refractivity contribution < 1.29 is 14.3 Å². The number of fused-ring (bicyclic) bond motifs is 1. The predicted molar refractivity (Wildman–Crippen MR) is 97.9 cm³/mol. The van der Waals surface area contributed by atoms with Gasteiger partial charge in [0.25, 0.3) is 5.56 Å². The molecule has 1 aliphatic rings. The lowest BCUT2D eigenvalue weighted by molar-refractivity contribution is -0.116. The average Bonchev–Trinajstić information content (AvgIpc) is 3.11. The smallest absolute Gasteiger partial charge is 0.250 e. The van der Waals surface area contributed by atoms with E-state index in [-0.39, 0.29) is 18.0 Å². The summed E-state index contributed by atoms with van der Waals surface area (Å²) in [5.41, 5.74) is 1.39. The van der Waals surface area contributed by atoms with E-state index >= 15 is 0 Å². The number of rotatable bonds is 4. The maximum atomic E-state index is 12.1. The van der Waals surface area contributed by atoms with E-state index in [9.17, 15) is 9.59 Å². The molecular formula is C18H15N3O4S. The van der Waals surface area contributed by atoms with Gasteiger partial charge in [-0.1, -0.05) is 6.07 Å². The molecule has 26 heavy (non-hydrogen) atoms. The normalized spacial score (nSPS) is 12.6. The summed E-state index contributed by atoms with van der Waals surface area (Å²) >= 11 is 1.32. The molecule has 1 amide bonds. The van der Waals surface area contributed by atoms with Crippen LogP contribution in [-0.4, -0.2) is 28.7 Å². The molecule has 0 spiro atoms. The first-order chi connectivity index (χ1) is 12.7. The number of benzene rings is 1. The number of pyridine rings is 1. The Balaban J connectivity index is 1.47. The molecule has 1 aliphatic heterocycles. The van der Waals surface area contributed by atoms with E-state index in [0.29, 0.717) is 24.1 Å². The minimum absolute atomic E-state index is 0.0569. The Kier molecular flexibility index (Phi) is 4.40. The second kappa shape index (κ2) is 7.01. The van der Waals surface area contributed by atoms with Crippen LogP contribution in [0.5, 0.6) is 11.5 Å². The molecule has 0 unspecified atom stereocenters. The number of hydrogen-bond acceptors (Lipinski definition) is 6. The molecule has 0 bridgehead atoms. The summed E-state index contributed by atoms with van der Waals surface area (Å²) in [7, 11) is 0. The van der Waals surface area contributed by atoms with Gasteiger partial charge in [-0.15, -0.1) is 11.3 Å². The number of hydrogen-bond donors (Lipinski definition) is 1. The summed E-state index contributed by atoms with van der Waals surface area (Å²) in [5.74, 6) is 1.11. The first-order valence-electron chi connectivity index (χ1n) is 8.00. The Bertz CT molecular complexity index is 1010. The second-order valence-electron chi connectivity index (χ2n) is 5.61. The summed E-state index contributed by atoms with van der Waals surface area (Å²) in [6, 6.07) is 10.4. The van der Waals surface area contributed by atoms with Crippen LogP contribution in [0.3, 0.4) is 0 Å². The molecule has 8 heteroatoms. The van der Waals surface area contributed by atoms with E-state index < -0.39 is 0 Å². The zero-order chi connectivity index (χ0) is 17.9. The van der Waals surface area contributed by atoms with E-state index in [1.165, 1.54) is 22.0 Å². The van der Waals surface area contributed by atoms with E-state index in [4.69, 9.17) is 9.47 Å². The van der Waals surface area contributed by atoms with Crippen molar-refractivity contribution in [1.29, 1.82) is 0 Å². The summed E-state index contributed by atoms with van der Waals surface area (Å²) < 4.78 is 12.4. The second-order valence-corrected chi connectivity index (χ2v) is 6.47. The topological polar surface area (TPSA) is 82.5 Å². The van der Waals surface area contributed by atoms with Crippen molar-refractivity contribution in [3.05, 3.63) is 58.3 Å². The molecule has 7 nitrogen and oxygen atoms in total. The van der Waals surface area contributed by atoms with E-state index in [2.05, 4.69) is 10.3 Å². The largest absolute Gasteiger partial charge is 0.486 e. The van der Waals surface area contributed by atoms with Gasteiger partial charge >= 0.3 is 0 Å². The molecule has 0 atom stereocenters. The highest BCUT2D eigenvalue weighted by Gasteiger charge is 2.14. The van der Waals surface area contributed by atoms with Crippen LogP contribution in [-0.2, 0) is 11.3 Å². The molecule has 0 radical (unpaired) electrons. The summed E-state index contributed by atoms with van der Waals surface area (Å²) in [5, 5.41) is 5.06. The van der Waals surface area contributed by atoms with Crippen LogP contribution in [0.1, 0.15) is 0 Å². The monoisotopic (exact) mass is 369 g/mol. The number of nitrogens with zero attached hydrogens (tertiary/aromatic N) is 2. The molecule has 2 aromatic heterocycles. The van der Waals surface area contributed by atoms with Crippen molar-refractivity contribution in [2.75, 3.05) is 18.5 Å². The number of anilines is 1. The lowest BCUT2D eigenvalue weighted by Gasteiger charge is -2.18. The van der Waals surface area contributed by atoms with Crippen LogP contribution in [0.25, 0.3) is 11.3 Å². The van der Waals surface area contributed by atoms with E-state index in [0.717, 1.165) is 17.0 Å². The van der Waals surface area contributed by atoms with Crippen molar-refractivity contribution in [1.82, 2.24) is 9.55 Å². The fourth-order valence-corrected chi connectivity index (χ4v) is 3.31. The van der Waals surface area contributed by atoms with Crippen LogP contribution in [0.15, 0.2) is 52.8 Å². The average molecular weight is 369 g/mol. The number of amides is 1. The maximum absolute atomic E-state index is 12.1. The molecule has 4 rings (SSSR count). The fraction of sp³-hybridized carbons (Fsp3) is 0.167. The number of aromatic nitrogens is 2. The van der Waals surface area contributed by atoms with Gasteiger partial charge < -0.3 is 19.4 Å². The number of ether oxygens (including phenoxy) is 2. The van der Waals surface area contributed by atoms with E-state index in [1.54, 1.807) is 18.3 Å². The number of carbonyl (C=O) groups excluding carboxylic acids is 1. The minimum atomic E-state index is -0.304. The van der Waals surface area contributed by atoms with Gasteiger partial charge in [0.2, 0.25) is 5.91 Å². The molecule has 0 saturated heterocycles. The summed E-state index contributed by atoms with van der Waals surface area (Å²) in [4.78, 5) is 28.2. The number of carbonyl (C=O) groups is 1. The van der Waals surface area contributed by atoms with E-state index in [1.807, 2.05) is 23.6 Å². The molecule has 3 aromatic rings. The Morgan fingerprint density at radius 1 is 1.19 bits per heavy atom. The summed E-state index contributed by atoms with van der Waals surface area (Å²) in [6.45, 7) is 1.01. The van der Waals surface area contributed by atoms with Crippen molar-refractivity contribution in [3.8, 4) is 22.8 Å². The van der Waals surface area contributed by atoms with Gasteiger partial charge in [0.05, 0.1) is 5.69 Å². The third kappa shape index (κ3) is 3.45. The van der Waals surface area contributed by atoms with Crippen LogP contribution < -0.4 is 20.3 Å². The zero-order valence-electron chi connectivity index (χ0n) is 13.7. The SMILES string of the molecule is O=C(Cn1ccccc1=O)Nc1nc(-c2ccc3c(c2)OCCO3)cs1. The lowest BCUT2D eigenvalue weighted by Crippen LogP contribution is -2.26. The molecule has 0 saturated carbocycles. The standard InChI is InChI=1S/C18H15N3O4S/c22-16(10-21-6-2-1-3-17(21)23)20-18-19-13(11-26-18)12-4-5-14-15(9-12)25-8-7-24-14/h1-6,9,11H,7-8,10H2,(H,19,20,22). The molecule has 0 fully saturated rings. The van der Waals surface area contributed by atoms with Crippen molar-refractivity contribution in [3.63, 3.8) is 0 Å². The van der Waals surface area contributed by atoms with Gasteiger partial charge in [-0.2, -0.15) is 0 Å². The van der Waals surface area contributed by atoms with Gasteiger partial charge in [-0.3, -0.25) is 9.59 Å². The molecule has 1 N–H and O–H groups in total. The Labute approximate surface area is 152 Å². The third-order valence-corrected chi connectivity index (χ3v) is 4.56. The van der Waals surface area contributed by atoms with Crippen molar-refractivity contribution in [2.24, 2.45) is 0 Å². The van der Waals surface area contributed by atoms with Crippen LogP contribution in [0.2, 0.25) is 0 Å². The van der Waals surface area contributed by atoms with Gasteiger partial charge in [0, 0.05) is 23.2 Å². The first kappa shape index (κ1) is 16.3. The van der Waals surface area contributed by atoms with Gasteiger partial charge in [-0.25, -0.2) is 4.98 Å². The fourth-order valence-electron chi connectivity index (χ4n) is 2.57. The van der Waals surface area contributed by atoms with Gasteiger partial charge in [0.1, 0.15) is 19.8 Å². The molecule has 3 heterocycles. The molecule has 0 aliphatic carbocycles. The highest BCUT2D eigenvalue weighted by molar-refractivity contribution is 7.14. The van der Waals surface area contributed by atoms with Gasteiger partial charge in [-0.05, 0) is 24.3 Å². The minimum Gasteiger partial charge on any atom is -0.486 e. The number of thiazole rings is 1. The zero-order valence-corrected chi connectivity index (χ0v) is 14.5. The molecule has 1 aromatic carbocycles. The lowest BCUT2D eigenvalue weighted by atomic mass is 10.1. The maximum Gasteiger partial charge on any atom is 0.250 e. The van der Waals surface area contributed by atoms with Crippen LogP contribution >= 0.6 is 11.3 Å². The first-order valence-corrected chi connectivity index (χ1v) is 8.88. The Morgan fingerprint density at radius 2 is 2.04 bits per heavy atom. The van der Waals surface area contributed by atoms with Crippen molar-refractivity contribution >= 4 is 22.4 Å². The quantitative estimate of drug-likeness (QED) is 0.764. The third-order valence-electron chi connectivity index (χ3n) is 3.80. The highest BCUT2D eigenvalue weighted by atomic mass is 32.1. The van der Waals surface area contributed by atoms with Crippen LogP contribution in [0, 0.1) is 0 Å². The molecule has 132 valence electrons. The number of nitrogens with one attached hydrogen (secondary N) is 1. The molecular weight excluding hydrogens is 354 g/mol. The predicted octanol–water partition coefficient (Wildman–Crippen LogP) is 2.38. The summed E-state index contributed by atoms with van der Waals surface area (Å²) in [6.07, 6.45) is 1.57. The van der Waals surface area contributed by atoms with Crippen LogP contribution in [0.4, 0.5) is 5.13 Å².